The first-order chi connectivity index (χ1) is 13.8. The number of nitriles is 1. The van der Waals surface area contributed by atoms with Crippen molar-refractivity contribution in [2.45, 2.75) is 32.7 Å². The van der Waals surface area contributed by atoms with E-state index < -0.39 is 0 Å². The molecule has 5 heteroatoms. The number of aromatic nitrogens is 4. The molecule has 0 unspecified atom stereocenters. The maximum absolute atomic E-state index is 9.68. The van der Waals surface area contributed by atoms with Crippen LogP contribution in [0.4, 0.5) is 0 Å². The lowest BCUT2D eigenvalue weighted by molar-refractivity contribution is 0.686. The van der Waals surface area contributed by atoms with E-state index in [9.17, 15) is 5.26 Å². The third-order valence-electron chi connectivity index (χ3n) is 4.87. The molecule has 4 rings (SSSR count). The molecule has 0 spiro atoms. The Kier molecular flexibility index (Phi) is 5.11. The summed E-state index contributed by atoms with van der Waals surface area (Å²) in [6.07, 6.45) is 6.41. The summed E-state index contributed by atoms with van der Waals surface area (Å²) >= 11 is 0. The van der Waals surface area contributed by atoms with E-state index in [1.807, 2.05) is 42.5 Å². The number of aryl methyl sites for hydroxylation is 1. The van der Waals surface area contributed by atoms with Gasteiger partial charge in [0.2, 0.25) is 0 Å². The Morgan fingerprint density at radius 3 is 2.75 bits per heavy atom. The highest BCUT2D eigenvalue weighted by molar-refractivity contribution is 5.72. The van der Waals surface area contributed by atoms with Gasteiger partial charge in [-0.15, -0.1) is 0 Å². The van der Waals surface area contributed by atoms with Crippen LogP contribution in [-0.2, 0) is 13.0 Å². The fourth-order valence-electron chi connectivity index (χ4n) is 3.45. The van der Waals surface area contributed by atoms with Gasteiger partial charge in [0.1, 0.15) is 17.7 Å². The molecule has 0 aliphatic heterocycles. The number of rotatable bonds is 6. The number of hydrogen-bond acceptors (Lipinski definition) is 4. The molecule has 5 nitrogen and oxygen atoms in total. The number of benzene rings is 2. The number of fused-ring (bicyclic) bond motifs is 1. The topological polar surface area (TPSA) is 67.4 Å². The van der Waals surface area contributed by atoms with Crippen molar-refractivity contribution in [1.29, 1.82) is 5.26 Å². The second kappa shape index (κ2) is 8.01. The van der Waals surface area contributed by atoms with Crippen LogP contribution in [0.5, 0.6) is 0 Å². The molecule has 0 N–H and O–H groups in total. The van der Waals surface area contributed by atoms with Crippen molar-refractivity contribution in [2.75, 3.05) is 0 Å². The van der Waals surface area contributed by atoms with Gasteiger partial charge in [0, 0.05) is 6.42 Å². The van der Waals surface area contributed by atoms with E-state index in [0.29, 0.717) is 12.1 Å². The second-order valence-corrected chi connectivity index (χ2v) is 6.81. The molecule has 28 heavy (non-hydrogen) atoms. The molecular weight excluding hydrogens is 346 g/mol. The van der Waals surface area contributed by atoms with Crippen LogP contribution < -0.4 is 0 Å². The number of nitrogens with zero attached hydrogens (tertiary/aromatic N) is 5. The average molecular weight is 367 g/mol. The normalized spacial score (nSPS) is 10.9. The molecule has 0 aliphatic carbocycles. The van der Waals surface area contributed by atoms with Crippen molar-refractivity contribution < 1.29 is 0 Å². The summed E-state index contributed by atoms with van der Waals surface area (Å²) < 4.78 is 2.14. The predicted octanol–water partition coefficient (Wildman–Crippen LogP) is 4.76. The first-order valence-electron chi connectivity index (χ1n) is 9.53. The van der Waals surface area contributed by atoms with Crippen molar-refractivity contribution in [1.82, 2.24) is 19.5 Å². The van der Waals surface area contributed by atoms with Gasteiger partial charge in [-0.2, -0.15) is 5.26 Å². The third-order valence-corrected chi connectivity index (χ3v) is 4.87. The van der Waals surface area contributed by atoms with E-state index in [0.717, 1.165) is 52.9 Å². The van der Waals surface area contributed by atoms with Crippen molar-refractivity contribution in [3.05, 3.63) is 78.0 Å². The largest absolute Gasteiger partial charge is 0.308 e. The Morgan fingerprint density at radius 2 is 1.96 bits per heavy atom. The third kappa shape index (κ3) is 3.49. The van der Waals surface area contributed by atoms with Crippen molar-refractivity contribution in [3.63, 3.8) is 0 Å². The molecule has 0 radical (unpaired) electrons. The molecule has 0 amide bonds. The zero-order valence-corrected chi connectivity index (χ0v) is 15.8. The SMILES string of the molecule is CCCCc1nc2cncnc2n1Cc1ccc(-c2ccccc2)c(C#N)c1. The van der Waals surface area contributed by atoms with E-state index >= 15 is 0 Å². The van der Waals surface area contributed by atoms with E-state index in [2.05, 4.69) is 33.6 Å². The summed E-state index contributed by atoms with van der Waals surface area (Å²) in [5, 5.41) is 9.68. The van der Waals surface area contributed by atoms with Gasteiger partial charge >= 0.3 is 0 Å². The van der Waals surface area contributed by atoms with Crippen LogP contribution in [0.2, 0.25) is 0 Å². The maximum atomic E-state index is 9.68. The molecule has 0 saturated heterocycles. The summed E-state index contributed by atoms with van der Waals surface area (Å²) in [7, 11) is 0. The molecule has 0 bridgehead atoms. The minimum Gasteiger partial charge on any atom is -0.308 e. The van der Waals surface area contributed by atoms with Crippen LogP contribution >= 0.6 is 0 Å². The molecule has 4 aromatic rings. The minimum absolute atomic E-state index is 0.635. The maximum Gasteiger partial charge on any atom is 0.163 e. The van der Waals surface area contributed by atoms with Gasteiger partial charge in [0.25, 0.3) is 0 Å². The van der Waals surface area contributed by atoms with E-state index in [1.54, 1.807) is 12.5 Å². The van der Waals surface area contributed by atoms with Gasteiger partial charge < -0.3 is 4.57 Å². The molecule has 2 aromatic heterocycles. The van der Waals surface area contributed by atoms with Crippen LogP contribution in [0.25, 0.3) is 22.3 Å². The summed E-state index contributed by atoms with van der Waals surface area (Å²) in [5.74, 6) is 1.02. The van der Waals surface area contributed by atoms with Gasteiger partial charge in [-0.25, -0.2) is 15.0 Å². The number of unbranched alkanes of at least 4 members (excludes halogenated alkanes) is 1. The molecule has 0 atom stereocenters. The highest BCUT2D eigenvalue weighted by Crippen LogP contribution is 2.25. The number of imidazole rings is 1. The van der Waals surface area contributed by atoms with Crippen LogP contribution in [0.3, 0.4) is 0 Å². The quantitative estimate of drug-likeness (QED) is 0.493. The highest BCUT2D eigenvalue weighted by Gasteiger charge is 2.13. The lowest BCUT2D eigenvalue weighted by atomic mass is 9.98. The highest BCUT2D eigenvalue weighted by atomic mass is 15.1. The van der Waals surface area contributed by atoms with Gasteiger partial charge in [-0.05, 0) is 29.2 Å². The van der Waals surface area contributed by atoms with E-state index in [1.165, 1.54) is 0 Å². The van der Waals surface area contributed by atoms with Gasteiger partial charge in [0.05, 0.1) is 24.4 Å². The van der Waals surface area contributed by atoms with Gasteiger partial charge in [-0.3, -0.25) is 0 Å². The van der Waals surface area contributed by atoms with Crippen LogP contribution in [0.15, 0.2) is 61.1 Å². The van der Waals surface area contributed by atoms with Crippen LogP contribution in [0.1, 0.15) is 36.7 Å². The monoisotopic (exact) mass is 367 g/mol. The molecule has 138 valence electrons. The summed E-state index contributed by atoms with van der Waals surface area (Å²) in [4.78, 5) is 13.3. The van der Waals surface area contributed by atoms with Gasteiger partial charge in [0.15, 0.2) is 5.65 Å². The fraction of sp³-hybridized carbons (Fsp3) is 0.217. The Morgan fingerprint density at radius 1 is 1.11 bits per heavy atom. The molecule has 2 aromatic carbocycles. The first-order valence-corrected chi connectivity index (χ1v) is 9.53. The Bertz CT molecular complexity index is 1140. The fourth-order valence-corrected chi connectivity index (χ4v) is 3.45. The Hall–Kier alpha value is -3.52. The van der Waals surface area contributed by atoms with E-state index in [4.69, 9.17) is 4.98 Å². The van der Waals surface area contributed by atoms with Crippen molar-refractivity contribution >= 4 is 11.2 Å². The lowest BCUT2D eigenvalue weighted by Gasteiger charge is -2.11. The summed E-state index contributed by atoms with van der Waals surface area (Å²) in [6, 6.07) is 18.4. The molecule has 0 saturated carbocycles. The second-order valence-electron chi connectivity index (χ2n) is 6.81. The van der Waals surface area contributed by atoms with E-state index in [-0.39, 0.29) is 0 Å². The lowest BCUT2D eigenvalue weighted by Crippen LogP contribution is -2.06. The molecule has 2 heterocycles. The molecule has 0 aliphatic rings. The zero-order chi connectivity index (χ0) is 19.3. The first kappa shape index (κ1) is 17.9. The smallest absolute Gasteiger partial charge is 0.163 e. The van der Waals surface area contributed by atoms with Crippen molar-refractivity contribution in [3.8, 4) is 17.2 Å². The Labute approximate surface area is 164 Å². The zero-order valence-electron chi connectivity index (χ0n) is 15.8. The van der Waals surface area contributed by atoms with Gasteiger partial charge in [-0.1, -0.05) is 55.8 Å². The number of hydrogen-bond donors (Lipinski definition) is 0. The summed E-state index contributed by atoms with van der Waals surface area (Å²) in [6.45, 7) is 2.81. The van der Waals surface area contributed by atoms with Crippen LogP contribution in [-0.4, -0.2) is 19.5 Å². The minimum atomic E-state index is 0.635. The standard InChI is InChI=1S/C23H21N5/c1-2-3-9-22-27-21-14-25-16-26-23(21)28(22)15-17-10-11-20(19(12-17)13-24)18-7-5-4-6-8-18/h4-8,10-12,14,16H,2-3,9,15H2,1H3. The molecule has 0 fully saturated rings. The average Bonchev–Trinajstić information content (AvgIpc) is 3.10. The summed E-state index contributed by atoms with van der Waals surface area (Å²) in [5.41, 5.74) is 5.40. The molecular formula is C23H21N5. The Balaban J connectivity index is 1.72. The van der Waals surface area contributed by atoms with Crippen LogP contribution in [0, 0.1) is 11.3 Å². The predicted molar refractivity (Wildman–Crippen MR) is 110 cm³/mol. The van der Waals surface area contributed by atoms with Crippen molar-refractivity contribution in [2.24, 2.45) is 0 Å².